The SMILES string of the molecule is N#Cc1cccc(-c2ccc3c(c2)c2ccccc2n3-c2c(-c3ccccc3-n3c4ccccc4c4ccccc43)cc(-c3nc(-c4ccccc4)nc(-c4ccccc4)n3)cc2-c2ccccc2-n2c3ccccc3c3ccccc32)c1. The summed E-state index contributed by atoms with van der Waals surface area (Å²) in [5, 5.41) is 16.9. The first-order valence-electron chi connectivity index (χ1n) is 27.9. The largest absolute Gasteiger partial charge is 0.309 e. The van der Waals surface area contributed by atoms with E-state index >= 15 is 0 Å². The first-order chi connectivity index (χ1) is 41.1. The van der Waals surface area contributed by atoms with E-state index in [2.05, 4.69) is 250 Å². The van der Waals surface area contributed by atoms with Gasteiger partial charge in [-0.2, -0.15) is 5.26 Å². The first-order valence-corrected chi connectivity index (χ1v) is 27.9. The van der Waals surface area contributed by atoms with Gasteiger partial charge in [0.25, 0.3) is 0 Å². The Bertz CT molecular complexity index is 4950. The third kappa shape index (κ3) is 7.77. The molecule has 0 N–H and O–H groups in total. The van der Waals surface area contributed by atoms with E-state index in [4.69, 9.17) is 15.0 Å². The number of rotatable bonds is 9. The van der Waals surface area contributed by atoms with E-state index in [0.29, 0.717) is 23.0 Å². The van der Waals surface area contributed by atoms with Gasteiger partial charge in [0.15, 0.2) is 17.5 Å². The van der Waals surface area contributed by atoms with Crippen molar-refractivity contribution in [2.45, 2.75) is 0 Å². The van der Waals surface area contributed by atoms with Crippen LogP contribution in [-0.2, 0) is 0 Å². The lowest BCUT2D eigenvalue weighted by atomic mass is 9.90. The van der Waals surface area contributed by atoms with Gasteiger partial charge in [0, 0.05) is 71.3 Å². The van der Waals surface area contributed by atoms with Gasteiger partial charge in [-0.05, 0) is 90.0 Å². The second-order valence-electron chi connectivity index (χ2n) is 21.0. The van der Waals surface area contributed by atoms with Crippen LogP contribution in [0.25, 0.3) is 150 Å². The lowest BCUT2D eigenvalue weighted by Crippen LogP contribution is -2.07. The Labute approximate surface area is 478 Å². The molecule has 0 radical (unpaired) electrons. The molecule has 0 bridgehead atoms. The number of nitriles is 1. The average Bonchev–Trinajstić information content (AvgIpc) is 4.34. The molecule has 16 rings (SSSR count). The van der Waals surface area contributed by atoms with Crippen molar-refractivity contribution >= 4 is 65.4 Å². The van der Waals surface area contributed by atoms with Gasteiger partial charge in [0.05, 0.1) is 61.8 Å². The smallest absolute Gasteiger partial charge is 0.164 e. The summed E-state index contributed by atoms with van der Waals surface area (Å²) in [6.07, 6.45) is 0. The predicted octanol–water partition coefficient (Wildman–Crippen LogP) is 19.0. The van der Waals surface area contributed by atoms with E-state index in [0.717, 1.165) is 111 Å². The fourth-order valence-electron chi connectivity index (χ4n) is 12.7. The summed E-state index contributed by atoms with van der Waals surface area (Å²) in [5.41, 5.74) is 18.8. The Kier molecular flexibility index (Phi) is 11.1. The van der Waals surface area contributed by atoms with Crippen molar-refractivity contribution in [3.05, 3.63) is 291 Å². The molecule has 0 aliphatic rings. The van der Waals surface area contributed by atoms with E-state index in [-0.39, 0.29) is 0 Å². The molecular formula is C76H47N7. The van der Waals surface area contributed by atoms with E-state index < -0.39 is 0 Å². The van der Waals surface area contributed by atoms with Crippen molar-refractivity contribution in [2.75, 3.05) is 0 Å². The number of hydrogen-bond acceptors (Lipinski definition) is 4. The van der Waals surface area contributed by atoms with Crippen molar-refractivity contribution in [1.82, 2.24) is 28.7 Å². The molecule has 7 heteroatoms. The summed E-state index contributed by atoms with van der Waals surface area (Å²) in [6.45, 7) is 0. The van der Waals surface area contributed by atoms with Gasteiger partial charge in [-0.25, -0.2) is 15.0 Å². The van der Waals surface area contributed by atoms with Crippen LogP contribution in [0.15, 0.2) is 285 Å². The fourth-order valence-corrected chi connectivity index (χ4v) is 12.7. The molecule has 4 aromatic heterocycles. The lowest BCUT2D eigenvalue weighted by molar-refractivity contribution is 1.07. The molecule has 0 spiro atoms. The molecule has 4 heterocycles. The molecule has 0 aliphatic heterocycles. The monoisotopic (exact) mass is 1060 g/mol. The second-order valence-corrected chi connectivity index (χ2v) is 21.0. The van der Waals surface area contributed by atoms with Crippen LogP contribution in [0.3, 0.4) is 0 Å². The van der Waals surface area contributed by atoms with Crippen molar-refractivity contribution in [3.63, 3.8) is 0 Å². The number of aromatic nitrogens is 6. The molecule has 386 valence electrons. The van der Waals surface area contributed by atoms with E-state index in [1.165, 1.54) is 21.5 Å². The van der Waals surface area contributed by atoms with Gasteiger partial charge in [0.1, 0.15) is 0 Å². The van der Waals surface area contributed by atoms with E-state index in [1.54, 1.807) is 0 Å². The van der Waals surface area contributed by atoms with Crippen molar-refractivity contribution < 1.29 is 0 Å². The topological polar surface area (TPSA) is 77.2 Å². The lowest BCUT2D eigenvalue weighted by Gasteiger charge is -2.24. The maximum atomic E-state index is 10.0. The second kappa shape index (κ2) is 19.4. The molecule has 0 saturated carbocycles. The third-order valence-corrected chi connectivity index (χ3v) is 16.3. The molecule has 12 aromatic carbocycles. The quantitative estimate of drug-likeness (QED) is 0.144. The Morgan fingerprint density at radius 2 is 0.614 bits per heavy atom. The van der Waals surface area contributed by atoms with Crippen LogP contribution in [0.1, 0.15) is 5.56 Å². The van der Waals surface area contributed by atoms with Crippen molar-refractivity contribution in [1.29, 1.82) is 5.26 Å². The molecule has 0 saturated heterocycles. The minimum atomic E-state index is 0.543. The molecule has 0 unspecified atom stereocenters. The number of benzene rings is 12. The van der Waals surface area contributed by atoms with Gasteiger partial charge >= 0.3 is 0 Å². The summed E-state index contributed by atoms with van der Waals surface area (Å²) in [5.74, 6) is 1.70. The summed E-state index contributed by atoms with van der Waals surface area (Å²) >= 11 is 0. The first kappa shape index (κ1) is 47.5. The third-order valence-electron chi connectivity index (χ3n) is 16.3. The highest BCUT2D eigenvalue weighted by Gasteiger charge is 2.28. The summed E-state index contributed by atoms with van der Waals surface area (Å²) in [4.78, 5) is 16.1. The number of nitrogens with zero attached hydrogens (tertiary/aromatic N) is 7. The standard InChI is InChI=1S/C76H47N7/c77-48-49-22-21-27-52(44-49)53-42-43-72-62(45-53)59-32-11-20-41-71(59)83(72)73-63(60-33-12-18-39-69(60)81-65-35-14-7-28-55(65)56-29-8-15-36-66(56)81)46-54(76-79-74(50-23-3-1-4-24-50)78-75(80-76)51-25-5-2-6-26-51)47-64(73)61-34-13-19-40-70(61)82-67-37-16-9-30-57(67)58-31-10-17-38-68(58)82/h1-47H. The van der Waals surface area contributed by atoms with Crippen LogP contribution in [0, 0.1) is 11.3 Å². The zero-order valence-corrected chi connectivity index (χ0v) is 44.8. The Balaban J connectivity index is 1.09. The molecule has 16 aromatic rings. The highest BCUT2D eigenvalue weighted by atomic mass is 15.0. The molecule has 0 fully saturated rings. The van der Waals surface area contributed by atoms with Gasteiger partial charge in [-0.3, -0.25) is 0 Å². The maximum absolute atomic E-state index is 10.0. The molecular weight excluding hydrogens is 1010 g/mol. The molecule has 7 nitrogen and oxygen atoms in total. The normalized spacial score (nSPS) is 11.6. The van der Waals surface area contributed by atoms with Gasteiger partial charge < -0.3 is 13.7 Å². The maximum Gasteiger partial charge on any atom is 0.164 e. The van der Waals surface area contributed by atoms with Crippen molar-refractivity contribution in [2.24, 2.45) is 0 Å². The predicted molar refractivity (Wildman–Crippen MR) is 340 cm³/mol. The van der Waals surface area contributed by atoms with Crippen LogP contribution >= 0.6 is 0 Å². The summed E-state index contributed by atoms with van der Waals surface area (Å²) in [6, 6.07) is 103. The average molecular weight is 1060 g/mol. The number of para-hydroxylation sites is 7. The van der Waals surface area contributed by atoms with E-state index in [9.17, 15) is 5.26 Å². The van der Waals surface area contributed by atoms with Crippen LogP contribution in [0.2, 0.25) is 0 Å². The molecule has 0 atom stereocenters. The minimum absolute atomic E-state index is 0.543. The zero-order chi connectivity index (χ0) is 55.0. The van der Waals surface area contributed by atoms with Crippen LogP contribution in [-0.4, -0.2) is 28.7 Å². The number of fused-ring (bicyclic) bond motifs is 9. The van der Waals surface area contributed by atoms with Crippen LogP contribution in [0.4, 0.5) is 0 Å². The Hall–Kier alpha value is -11.5. The fraction of sp³-hybridized carbons (Fsp3) is 0. The van der Waals surface area contributed by atoms with Gasteiger partial charge in [-0.1, -0.05) is 206 Å². The molecule has 83 heavy (non-hydrogen) atoms. The highest BCUT2D eigenvalue weighted by molar-refractivity contribution is 6.14. The Morgan fingerprint density at radius 3 is 1.08 bits per heavy atom. The minimum Gasteiger partial charge on any atom is -0.309 e. The van der Waals surface area contributed by atoms with Crippen LogP contribution < -0.4 is 0 Å². The zero-order valence-electron chi connectivity index (χ0n) is 44.8. The van der Waals surface area contributed by atoms with Gasteiger partial charge in [-0.15, -0.1) is 0 Å². The number of hydrogen-bond donors (Lipinski definition) is 0. The van der Waals surface area contributed by atoms with Gasteiger partial charge in [0.2, 0.25) is 0 Å². The molecule has 0 aliphatic carbocycles. The molecule has 0 amide bonds. The summed E-state index contributed by atoms with van der Waals surface area (Å²) in [7, 11) is 0. The highest BCUT2D eigenvalue weighted by Crippen LogP contribution is 2.48. The van der Waals surface area contributed by atoms with E-state index in [1.807, 2.05) is 54.6 Å². The summed E-state index contributed by atoms with van der Waals surface area (Å²) < 4.78 is 7.34. The van der Waals surface area contributed by atoms with Crippen molar-refractivity contribution in [3.8, 4) is 90.7 Å². The Morgan fingerprint density at radius 1 is 0.253 bits per heavy atom. The van der Waals surface area contributed by atoms with Crippen LogP contribution in [0.5, 0.6) is 0 Å².